The molecule has 0 atom stereocenters. The maximum absolute atomic E-state index is 10.1. The molecule has 0 unspecified atom stereocenters. The summed E-state index contributed by atoms with van der Waals surface area (Å²) < 4.78 is 0. The summed E-state index contributed by atoms with van der Waals surface area (Å²) >= 11 is 0. The number of carbonyl (C=O) groups excluding carboxylic acids is 1. The van der Waals surface area contributed by atoms with E-state index in [2.05, 4.69) is 13.0 Å². The first-order valence-electron chi connectivity index (χ1n) is 4.40. The van der Waals surface area contributed by atoms with E-state index in [0.29, 0.717) is 6.42 Å². The molecule has 1 heteroatoms. The van der Waals surface area contributed by atoms with Crippen LogP contribution in [-0.2, 0) is 4.79 Å². The van der Waals surface area contributed by atoms with Crippen LogP contribution in [0.5, 0.6) is 0 Å². The van der Waals surface area contributed by atoms with Gasteiger partial charge in [0.1, 0.15) is 6.29 Å². The summed E-state index contributed by atoms with van der Waals surface area (Å²) in [4.78, 5) is 10.1. The summed E-state index contributed by atoms with van der Waals surface area (Å²) in [5, 5.41) is 0. The van der Waals surface area contributed by atoms with Crippen molar-refractivity contribution < 1.29 is 4.79 Å². The van der Waals surface area contributed by atoms with Gasteiger partial charge in [0.15, 0.2) is 0 Å². The second-order valence-electron chi connectivity index (χ2n) is 2.92. The van der Waals surface area contributed by atoms with Crippen LogP contribution >= 0.6 is 0 Å². The van der Waals surface area contributed by atoms with Crippen molar-refractivity contribution in [3.8, 4) is 0 Å². The van der Waals surface area contributed by atoms with Crippen molar-refractivity contribution in [2.24, 2.45) is 0 Å². The maximum Gasteiger partial charge on any atom is 0.124 e. The summed E-state index contributed by atoms with van der Waals surface area (Å²) in [6.07, 6.45) is 8.69. The first-order chi connectivity index (χ1) is 5.31. The van der Waals surface area contributed by atoms with E-state index in [0.717, 1.165) is 12.7 Å². The minimum absolute atomic E-state index is 0.603. The van der Waals surface area contributed by atoms with E-state index in [4.69, 9.17) is 0 Å². The van der Waals surface area contributed by atoms with E-state index in [1.54, 1.807) is 0 Å². The standard InChI is InChI=1S/C10H18O/c1-3-4-5-6-7-10(2)8-9-11/h7,9H,3-6,8H2,1-2H3/b10-7+. The van der Waals surface area contributed by atoms with Crippen molar-refractivity contribution in [1.82, 2.24) is 0 Å². The molecule has 0 aromatic carbocycles. The molecule has 0 amide bonds. The molecular formula is C10H18O. The molecular weight excluding hydrogens is 136 g/mol. The lowest BCUT2D eigenvalue weighted by Crippen LogP contribution is -1.79. The molecule has 64 valence electrons. The fraction of sp³-hybridized carbons (Fsp3) is 0.700. The Balaban J connectivity index is 3.31. The quantitative estimate of drug-likeness (QED) is 0.326. The van der Waals surface area contributed by atoms with Gasteiger partial charge in [0.25, 0.3) is 0 Å². The second-order valence-corrected chi connectivity index (χ2v) is 2.92. The van der Waals surface area contributed by atoms with Gasteiger partial charge in [-0.05, 0) is 19.8 Å². The zero-order chi connectivity index (χ0) is 8.53. The molecule has 0 aromatic rings. The molecule has 0 aromatic heterocycles. The minimum Gasteiger partial charge on any atom is -0.303 e. The number of aldehydes is 1. The predicted octanol–water partition coefficient (Wildman–Crippen LogP) is 3.10. The number of hydrogen-bond acceptors (Lipinski definition) is 1. The van der Waals surface area contributed by atoms with Gasteiger partial charge in [-0.25, -0.2) is 0 Å². The molecule has 0 heterocycles. The van der Waals surface area contributed by atoms with Crippen molar-refractivity contribution in [2.75, 3.05) is 0 Å². The lowest BCUT2D eigenvalue weighted by atomic mass is 10.1. The van der Waals surface area contributed by atoms with Crippen LogP contribution in [-0.4, -0.2) is 6.29 Å². The number of allylic oxidation sites excluding steroid dienone is 2. The number of hydrogen-bond donors (Lipinski definition) is 0. The van der Waals surface area contributed by atoms with Crippen molar-refractivity contribution >= 4 is 6.29 Å². The minimum atomic E-state index is 0.603. The van der Waals surface area contributed by atoms with Gasteiger partial charge >= 0.3 is 0 Å². The lowest BCUT2D eigenvalue weighted by molar-refractivity contribution is -0.107. The van der Waals surface area contributed by atoms with E-state index < -0.39 is 0 Å². The average Bonchev–Trinajstić information content (AvgIpc) is 1.99. The zero-order valence-corrected chi connectivity index (χ0v) is 7.60. The maximum atomic E-state index is 10.1. The van der Waals surface area contributed by atoms with Gasteiger partial charge in [0.2, 0.25) is 0 Å². The summed E-state index contributed by atoms with van der Waals surface area (Å²) in [5.74, 6) is 0. The van der Waals surface area contributed by atoms with Gasteiger partial charge in [0.05, 0.1) is 0 Å². The van der Waals surface area contributed by atoms with Crippen LogP contribution in [0.4, 0.5) is 0 Å². The molecule has 1 nitrogen and oxygen atoms in total. The highest BCUT2D eigenvalue weighted by Gasteiger charge is 1.87. The van der Waals surface area contributed by atoms with Gasteiger partial charge in [0, 0.05) is 6.42 Å². The van der Waals surface area contributed by atoms with Crippen LogP contribution < -0.4 is 0 Å². The van der Waals surface area contributed by atoms with Gasteiger partial charge in [-0.2, -0.15) is 0 Å². The van der Waals surface area contributed by atoms with Crippen LogP contribution in [0.15, 0.2) is 11.6 Å². The third-order valence-electron chi connectivity index (χ3n) is 1.71. The molecule has 11 heavy (non-hydrogen) atoms. The fourth-order valence-electron chi connectivity index (χ4n) is 0.958. The van der Waals surface area contributed by atoms with E-state index in [9.17, 15) is 4.79 Å². The van der Waals surface area contributed by atoms with Gasteiger partial charge < -0.3 is 4.79 Å². The Morgan fingerprint density at radius 2 is 2.09 bits per heavy atom. The Hall–Kier alpha value is -0.590. The monoisotopic (exact) mass is 154 g/mol. The zero-order valence-electron chi connectivity index (χ0n) is 7.60. The van der Waals surface area contributed by atoms with E-state index in [-0.39, 0.29) is 0 Å². The molecule has 0 saturated heterocycles. The number of rotatable bonds is 6. The van der Waals surface area contributed by atoms with Gasteiger partial charge in [-0.3, -0.25) is 0 Å². The van der Waals surface area contributed by atoms with Crippen LogP contribution in [0.3, 0.4) is 0 Å². The summed E-state index contributed by atoms with van der Waals surface area (Å²) in [6.45, 7) is 4.21. The smallest absolute Gasteiger partial charge is 0.124 e. The van der Waals surface area contributed by atoms with Crippen LogP contribution in [0.2, 0.25) is 0 Å². The molecule has 0 N–H and O–H groups in total. The first-order valence-corrected chi connectivity index (χ1v) is 4.40. The Kier molecular flexibility index (Phi) is 7.11. The van der Waals surface area contributed by atoms with Gasteiger partial charge in [-0.1, -0.05) is 31.4 Å². The second kappa shape index (κ2) is 7.52. The third-order valence-corrected chi connectivity index (χ3v) is 1.71. The molecule has 0 fully saturated rings. The average molecular weight is 154 g/mol. The van der Waals surface area contributed by atoms with Crippen molar-refractivity contribution in [3.63, 3.8) is 0 Å². The van der Waals surface area contributed by atoms with Crippen LogP contribution in [0.1, 0.15) is 46.0 Å². The summed E-state index contributed by atoms with van der Waals surface area (Å²) in [6, 6.07) is 0. The van der Waals surface area contributed by atoms with Crippen LogP contribution in [0, 0.1) is 0 Å². The SMILES string of the molecule is CCCCC/C=C(\C)CC=O. The van der Waals surface area contributed by atoms with Crippen molar-refractivity contribution in [1.29, 1.82) is 0 Å². The summed E-state index contributed by atoms with van der Waals surface area (Å²) in [5.41, 5.74) is 1.20. The highest BCUT2D eigenvalue weighted by molar-refractivity contribution is 5.53. The van der Waals surface area contributed by atoms with Crippen molar-refractivity contribution in [3.05, 3.63) is 11.6 Å². The van der Waals surface area contributed by atoms with E-state index in [1.165, 1.54) is 24.8 Å². The van der Waals surface area contributed by atoms with E-state index in [1.807, 2.05) is 6.92 Å². The fourth-order valence-corrected chi connectivity index (χ4v) is 0.958. The Morgan fingerprint density at radius 3 is 2.64 bits per heavy atom. The van der Waals surface area contributed by atoms with Crippen molar-refractivity contribution in [2.45, 2.75) is 46.0 Å². The molecule has 0 aliphatic carbocycles. The van der Waals surface area contributed by atoms with E-state index >= 15 is 0 Å². The van der Waals surface area contributed by atoms with Gasteiger partial charge in [-0.15, -0.1) is 0 Å². The lowest BCUT2D eigenvalue weighted by Gasteiger charge is -1.94. The molecule has 0 radical (unpaired) electrons. The topological polar surface area (TPSA) is 17.1 Å². The Bertz CT molecular complexity index is 125. The molecule has 0 aliphatic rings. The number of unbranched alkanes of at least 4 members (excludes halogenated alkanes) is 3. The molecule has 0 spiro atoms. The van der Waals surface area contributed by atoms with Crippen LogP contribution in [0.25, 0.3) is 0 Å². The molecule has 0 rings (SSSR count). The molecule has 0 bridgehead atoms. The highest BCUT2D eigenvalue weighted by Crippen LogP contribution is 2.04. The first kappa shape index (κ1) is 10.4. The summed E-state index contributed by atoms with van der Waals surface area (Å²) in [7, 11) is 0. The molecule has 0 aliphatic heterocycles. The predicted molar refractivity (Wildman–Crippen MR) is 48.6 cm³/mol. The largest absolute Gasteiger partial charge is 0.303 e. The number of carbonyl (C=O) groups is 1. The normalized spacial score (nSPS) is 11.6. The highest BCUT2D eigenvalue weighted by atomic mass is 16.1. The third kappa shape index (κ3) is 7.31. The Labute approximate surface area is 69.5 Å². The molecule has 0 saturated carbocycles. The Morgan fingerprint density at radius 1 is 1.36 bits per heavy atom.